The molecular weight excluding hydrogens is 398 g/mol. The van der Waals surface area contributed by atoms with Gasteiger partial charge in [0.15, 0.2) is 0 Å². The molecule has 0 saturated carbocycles. The number of anilines is 1. The highest BCUT2D eigenvalue weighted by Crippen LogP contribution is 2.24. The molecule has 0 spiro atoms. The number of amides is 1. The lowest BCUT2D eigenvalue weighted by molar-refractivity contribution is -0.121. The van der Waals surface area contributed by atoms with Gasteiger partial charge in [-0.25, -0.2) is 8.42 Å². The highest BCUT2D eigenvalue weighted by Gasteiger charge is 2.25. The summed E-state index contributed by atoms with van der Waals surface area (Å²) in [5.41, 5.74) is 6.89. The van der Waals surface area contributed by atoms with Crippen molar-refractivity contribution in [3.8, 4) is 0 Å². The fraction of sp³-hybridized carbons (Fsp3) is 0.350. The van der Waals surface area contributed by atoms with Crippen LogP contribution in [0.15, 0.2) is 59.5 Å². The number of hydrogen-bond donors (Lipinski definition) is 2. The average Bonchev–Trinajstić information content (AvgIpc) is 2.61. The van der Waals surface area contributed by atoms with Crippen LogP contribution in [0.2, 0.25) is 0 Å². The molecule has 2 aromatic carbocycles. The van der Waals surface area contributed by atoms with E-state index in [1.54, 1.807) is 42.5 Å². The van der Waals surface area contributed by atoms with Crippen LogP contribution < -0.4 is 15.4 Å². The molecule has 0 aromatic heterocycles. The van der Waals surface area contributed by atoms with Gasteiger partial charge in [-0.05, 0) is 45.0 Å². The Kier molecular flexibility index (Phi) is 8.48. The van der Waals surface area contributed by atoms with Crippen molar-refractivity contribution in [3.63, 3.8) is 0 Å². The zero-order valence-corrected chi connectivity index (χ0v) is 18.0. The van der Waals surface area contributed by atoms with Gasteiger partial charge in [0.05, 0.1) is 10.6 Å². The van der Waals surface area contributed by atoms with Crippen LogP contribution in [0.5, 0.6) is 0 Å². The number of nitrogens with two attached hydrogens (primary N) is 1. The molecule has 6 nitrogen and oxygen atoms in total. The molecular formula is C20H28ClN3O3S. The van der Waals surface area contributed by atoms with Gasteiger partial charge in [-0.2, -0.15) is 0 Å². The van der Waals surface area contributed by atoms with Crippen LogP contribution in [0.4, 0.5) is 5.69 Å². The van der Waals surface area contributed by atoms with Crippen LogP contribution in [0, 0.1) is 6.92 Å². The summed E-state index contributed by atoms with van der Waals surface area (Å²) in [6.07, 6.45) is 0.0377. The van der Waals surface area contributed by atoms with Crippen LogP contribution in [0.25, 0.3) is 0 Å². The normalized spacial score (nSPS) is 11.4. The first kappa shape index (κ1) is 23.9. The van der Waals surface area contributed by atoms with E-state index in [0.717, 1.165) is 5.56 Å². The minimum Gasteiger partial charge on any atom is -0.354 e. The summed E-state index contributed by atoms with van der Waals surface area (Å²) in [5.74, 6) is -0.242. The number of halogens is 1. The predicted octanol–water partition coefficient (Wildman–Crippen LogP) is 2.86. The van der Waals surface area contributed by atoms with Crippen molar-refractivity contribution in [1.29, 1.82) is 0 Å². The van der Waals surface area contributed by atoms with E-state index in [0.29, 0.717) is 12.2 Å². The summed E-state index contributed by atoms with van der Waals surface area (Å²) in [6, 6.07) is 15.4. The number of nitrogens with zero attached hydrogens (tertiary/aromatic N) is 1. The SMILES string of the molecule is Cc1ccc(N(CCC(=O)NCC(C)(C)N)S(=O)(=O)c2ccccc2)cc1.Cl. The minimum atomic E-state index is -3.78. The zero-order valence-electron chi connectivity index (χ0n) is 16.4. The van der Waals surface area contributed by atoms with Crippen LogP contribution in [0.3, 0.4) is 0 Å². The Balaban J connectivity index is 0.00000392. The molecule has 0 aliphatic heterocycles. The number of benzene rings is 2. The second-order valence-electron chi connectivity index (χ2n) is 7.24. The van der Waals surface area contributed by atoms with E-state index < -0.39 is 15.6 Å². The maximum Gasteiger partial charge on any atom is 0.264 e. The molecule has 2 aromatic rings. The molecule has 0 bridgehead atoms. The van der Waals surface area contributed by atoms with Gasteiger partial charge in [0, 0.05) is 25.0 Å². The van der Waals surface area contributed by atoms with Crippen LogP contribution in [-0.2, 0) is 14.8 Å². The standard InChI is InChI=1S/C20H27N3O3S.ClH/c1-16-9-11-17(12-10-16)23(14-13-19(24)22-15-20(2,3)21)27(25,26)18-7-5-4-6-8-18;/h4-12H,13-15,21H2,1-3H3,(H,22,24);1H. The molecule has 1 amide bonds. The Bertz CT molecular complexity index is 864. The van der Waals surface area contributed by atoms with Crippen molar-refractivity contribution >= 4 is 34.0 Å². The van der Waals surface area contributed by atoms with E-state index in [4.69, 9.17) is 5.73 Å². The van der Waals surface area contributed by atoms with E-state index in [2.05, 4.69) is 5.32 Å². The fourth-order valence-electron chi connectivity index (χ4n) is 2.44. The maximum atomic E-state index is 13.1. The second-order valence-corrected chi connectivity index (χ2v) is 9.10. The van der Waals surface area contributed by atoms with Crippen molar-refractivity contribution in [2.75, 3.05) is 17.4 Å². The largest absolute Gasteiger partial charge is 0.354 e. The average molecular weight is 426 g/mol. The molecule has 154 valence electrons. The summed E-state index contributed by atoms with van der Waals surface area (Å²) < 4.78 is 27.5. The van der Waals surface area contributed by atoms with E-state index in [-0.39, 0.29) is 36.2 Å². The van der Waals surface area contributed by atoms with E-state index in [9.17, 15) is 13.2 Å². The van der Waals surface area contributed by atoms with Crippen LogP contribution >= 0.6 is 12.4 Å². The third kappa shape index (κ3) is 6.82. The lowest BCUT2D eigenvalue weighted by Crippen LogP contribution is -2.45. The van der Waals surface area contributed by atoms with E-state index >= 15 is 0 Å². The number of sulfonamides is 1. The first-order valence-corrected chi connectivity index (χ1v) is 10.2. The first-order valence-electron chi connectivity index (χ1n) is 8.80. The van der Waals surface area contributed by atoms with Gasteiger partial charge < -0.3 is 11.1 Å². The number of carbonyl (C=O) groups is 1. The van der Waals surface area contributed by atoms with E-state index in [1.807, 2.05) is 32.9 Å². The van der Waals surface area contributed by atoms with Gasteiger partial charge >= 0.3 is 0 Å². The fourth-order valence-corrected chi connectivity index (χ4v) is 3.92. The van der Waals surface area contributed by atoms with Gasteiger partial charge in [-0.3, -0.25) is 9.10 Å². The Morgan fingerprint density at radius 2 is 1.64 bits per heavy atom. The van der Waals surface area contributed by atoms with Gasteiger partial charge in [0.2, 0.25) is 5.91 Å². The number of aryl methyl sites for hydroxylation is 1. The lowest BCUT2D eigenvalue weighted by Gasteiger charge is -2.25. The summed E-state index contributed by atoms with van der Waals surface area (Å²) in [4.78, 5) is 12.3. The van der Waals surface area contributed by atoms with Crippen molar-refractivity contribution in [3.05, 3.63) is 60.2 Å². The highest BCUT2D eigenvalue weighted by molar-refractivity contribution is 7.92. The molecule has 0 radical (unpaired) electrons. The molecule has 0 heterocycles. The van der Waals surface area contributed by atoms with Gasteiger partial charge in [0.1, 0.15) is 0 Å². The molecule has 0 atom stereocenters. The number of rotatable bonds is 8. The lowest BCUT2D eigenvalue weighted by atomic mass is 10.1. The maximum absolute atomic E-state index is 13.1. The topological polar surface area (TPSA) is 92.5 Å². The van der Waals surface area contributed by atoms with Crippen molar-refractivity contribution in [2.24, 2.45) is 5.73 Å². The van der Waals surface area contributed by atoms with E-state index in [1.165, 1.54) is 4.31 Å². The van der Waals surface area contributed by atoms with Gasteiger partial charge in [0.25, 0.3) is 10.0 Å². The van der Waals surface area contributed by atoms with Gasteiger partial charge in [-0.15, -0.1) is 12.4 Å². The second kappa shape index (κ2) is 9.91. The van der Waals surface area contributed by atoms with Crippen molar-refractivity contribution < 1.29 is 13.2 Å². The summed E-state index contributed by atoms with van der Waals surface area (Å²) >= 11 is 0. The molecule has 28 heavy (non-hydrogen) atoms. The Hall–Kier alpha value is -2.09. The summed E-state index contributed by atoms with van der Waals surface area (Å²) in [7, 11) is -3.78. The molecule has 0 aliphatic rings. The quantitative estimate of drug-likeness (QED) is 0.680. The monoisotopic (exact) mass is 425 g/mol. The zero-order chi connectivity index (χ0) is 20.1. The number of hydrogen-bond acceptors (Lipinski definition) is 4. The molecule has 2 rings (SSSR count). The number of carbonyl (C=O) groups excluding carboxylic acids is 1. The molecule has 0 fully saturated rings. The minimum absolute atomic E-state index is 0. The van der Waals surface area contributed by atoms with Crippen LogP contribution in [-0.4, -0.2) is 33.0 Å². The number of nitrogens with one attached hydrogen (secondary N) is 1. The van der Waals surface area contributed by atoms with Gasteiger partial charge in [-0.1, -0.05) is 35.9 Å². The molecule has 0 aliphatic carbocycles. The Morgan fingerprint density at radius 1 is 1.07 bits per heavy atom. The Labute approximate surface area is 173 Å². The smallest absolute Gasteiger partial charge is 0.264 e. The van der Waals surface area contributed by atoms with Crippen molar-refractivity contribution in [1.82, 2.24) is 5.32 Å². The summed E-state index contributed by atoms with van der Waals surface area (Å²) in [6.45, 7) is 5.91. The highest BCUT2D eigenvalue weighted by atomic mass is 35.5. The first-order chi connectivity index (χ1) is 12.6. The van der Waals surface area contributed by atoms with Crippen LogP contribution in [0.1, 0.15) is 25.8 Å². The molecule has 0 saturated heterocycles. The third-order valence-corrected chi connectivity index (χ3v) is 5.78. The predicted molar refractivity (Wildman–Crippen MR) is 115 cm³/mol. The van der Waals surface area contributed by atoms with Crippen molar-refractivity contribution in [2.45, 2.75) is 37.6 Å². The molecule has 3 N–H and O–H groups in total. The Morgan fingerprint density at radius 3 is 2.18 bits per heavy atom. The molecule has 8 heteroatoms. The summed E-state index contributed by atoms with van der Waals surface area (Å²) in [5, 5.41) is 2.74. The molecule has 0 unspecified atom stereocenters. The third-order valence-electron chi connectivity index (χ3n) is 3.94.